The van der Waals surface area contributed by atoms with E-state index in [2.05, 4.69) is 10.4 Å². The Morgan fingerprint density at radius 1 is 1.32 bits per heavy atom. The third-order valence-corrected chi connectivity index (χ3v) is 4.09. The molecule has 0 spiro atoms. The molecule has 0 radical (unpaired) electrons. The maximum Gasteiger partial charge on any atom is 0.0860 e. The summed E-state index contributed by atoms with van der Waals surface area (Å²) < 4.78 is 1.73. The van der Waals surface area contributed by atoms with Crippen molar-refractivity contribution in [3.05, 3.63) is 18.5 Å². The summed E-state index contributed by atoms with van der Waals surface area (Å²) in [5.74, 6) is 0. The quantitative estimate of drug-likeness (QED) is 0.682. The number of hydrogen-bond donors (Lipinski definition) is 3. The van der Waals surface area contributed by atoms with Crippen molar-refractivity contribution >= 4 is 0 Å². The van der Waals surface area contributed by atoms with Crippen LogP contribution >= 0.6 is 0 Å². The molecule has 1 aromatic heterocycles. The van der Waals surface area contributed by atoms with Crippen molar-refractivity contribution < 1.29 is 10.2 Å². The third kappa shape index (κ3) is 4.30. The Morgan fingerprint density at radius 2 is 2.11 bits per heavy atom. The van der Waals surface area contributed by atoms with E-state index >= 15 is 0 Å². The highest BCUT2D eigenvalue weighted by Crippen LogP contribution is 2.35. The van der Waals surface area contributed by atoms with Gasteiger partial charge >= 0.3 is 0 Å². The van der Waals surface area contributed by atoms with Crippen molar-refractivity contribution in [2.75, 3.05) is 19.7 Å². The molecule has 0 aliphatic heterocycles. The van der Waals surface area contributed by atoms with Gasteiger partial charge in [0, 0.05) is 37.5 Å². The van der Waals surface area contributed by atoms with Crippen molar-refractivity contribution in [1.82, 2.24) is 15.1 Å². The molecule has 1 aliphatic rings. The number of rotatable bonds is 7. The second kappa shape index (κ2) is 7.03. The fourth-order valence-corrected chi connectivity index (χ4v) is 2.89. The Morgan fingerprint density at radius 3 is 2.74 bits per heavy atom. The molecule has 1 aromatic rings. The van der Waals surface area contributed by atoms with Crippen LogP contribution in [0, 0.1) is 5.41 Å². The molecule has 0 aromatic carbocycles. The minimum atomic E-state index is -0.445. The first-order valence-electron chi connectivity index (χ1n) is 7.21. The van der Waals surface area contributed by atoms with Crippen LogP contribution < -0.4 is 5.32 Å². The van der Waals surface area contributed by atoms with Crippen LogP contribution in [0.2, 0.25) is 0 Å². The summed E-state index contributed by atoms with van der Waals surface area (Å²) in [6, 6.07) is 1.85. The van der Waals surface area contributed by atoms with E-state index in [-0.39, 0.29) is 12.0 Å². The van der Waals surface area contributed by atoms with E-state index in [1.54, 1.807) is 10.9 Å². The summed E-state index contributed by atoms with van der Waals surface area (Å²) >= 11 is 0. The van der Waals surface area contributed by atoms with Crippen molar-refractivity contribution in [3.63, 3.8) is 0 Å². The highest BCUT2D eigenvalue weighted by Gasteiger charge is 2.30. The van der Waals surface area contributed by atoms with Gasteiger partial charge < -0.3 is 15.5 Å². The maximum absolute atomic E-state index is 9.92. The fourth-order valence-electron chi connectivity index (χ4n) is 2.89. The van der Waals surface area contributed by atoms with E-state index in [0.29, 0.717) is 13.1 Å². The van der Waals surface area contributed by atoms with Crippen LogP contribution in [-0.2, 0) is 6.54 Å². The molecule has 1 aliphatic carbocycles. The zero-order valence-corrected chi connectivity index (χ0v) is 11.5. The van der Waals surface area contributed by atoms with Gasteiger partial charge in [-0.3, -0.25) is 4.68 Å². The molecule has 1 saturated carbocycles. The van der Waals surface area contributed by atoms with E-state index in [4.69, 9.17) is 0 Å². The van der Waals surface area contributed by atoms with Crippen LogP contribution in [0.5, 0.6) is 0 Å². The summed E-state index contributed by atoms with van der Waals surface area (Å²) in [4.78, 5) is 0. The summed E-state index contributed by atoms with van der Waals surface area (Å²) in [6.45, 7) is 2.09. The van der Waals surface area contributed by atoms with Gasteiger partial charge in [0.15, 0.2) is 0 Å². The molecule has 0 bridgehead atoms. The molecule has 1 unspecified atom stereocenters. The van der Waals surface area contributed by atoms with Crippen LogP contribution in [0.1, 0.15) is 32.1 Å². The van der Waals surface area contributed by atoms with Gasteiger partial charge in [0.05, 0.1) is 12.6 Å². The van der Waals surface area contributed by atoms with Gasteiger partial charge in [0.1, 0.15) is 0 Å². The monoisotopic (exact) mass is 267 g/mol. The fraction of sp³-hybridized carbons (Fsp3) is 0.786. The normalized spacial score (nSPS) is 20.3. The molecule has 0 saturated heterocycles. The average Bonchev–Trinajstić information content (AvgIpc) is 2.92. The van der Waals surface area contributed by atoms with Crippen LogP contribution in [0.15, 0.2) is 18.5 Å². The van der Waals surface area contributed by atoms with Crippen molar-refractivity contribution in [3.8, 4) is 0 Å². The van der Waals surface area contributed by atoms with Crippen LogP contribution in [0.4, 0.5) is 0 Å². The molecule has 5 heteroatoms. The number of aromatic nitrogens is 2. The number of nitrogens with zero attached hydrogens (tertiary/aromatic N) is 2. The van der Waals surface area contributed by atoms with E-state index in [9.17, 15) is 10.2 Å². The van der Waals surface area contributed by atoms with E-state index in [1.165, 1.54) is 19.3 Å². The van der Waals surface area contributed by atoms with E-state index < -0.39 is 6.10 Å². The van der Waals surface area contributed by atoms with Gasteiger partial charge in [-0.1, -0.05) is 19.3 Å². The SMILES string of the molecule is OCC1(CNCC(O)Cn2cccn2)CCCCC1. The summed E-state index contributed by atoms with van der Waals surface area (Å²) in [6.07, 6.45) is 8.99. The van der Waals surface area contributed by atoms with Crippen molar-refractivity contribution in [1.29, 1.82) is 0 Å². The second-order valence-electron chi connectivity index (χ2n) is 5.73. The minimum Gasteiger partial charge on any atom is -0.396 e. The molecule has 3 N–H and O–H groups in total. The van der Waals surface area contributed by atoms with Gasteiger partial charge in [0.2, 0.25) is 0 Å². The van der Waals surface area contributed by atoms with Gasteiger partial charge in [-0.2, -0.15) is 5.10 Å². The van der Waals surface area contributed by atoms with Gasteiger partial charge in [-0.25, -0.2) is 0 Å². The summed E-state index contributed by atoms with van der Waals surface area (Å²) in [5, 5.41) is 26.9. The highest BCUT2D eigenvalue weighted by molar-refractivity contribution is 4.85. The zero-order valence-electron chi connectivity index (χ0n) is 11.5. The molecule has 0 amide bonds. The Hall–Kier alpha value is -0.910. The lowest BCUT2D eigenvalue weighted by molar-refractivity contribution is 0.0738. The Kier molecular flexibility index (Phi) is 5.36. The molecule has 1 fully saturated rings. The third-order valence-electron chi connectivity index (χ3n) is 4.09. The molecule has 5 nitrogen and oxygen atoms in total. The van der Waals surface area contributed by atoms with Gasteiger partial charge in [-0.15, -0.1) is 0 Å². The lowest BCUT2D eigenvalue weighted by Crippen LogP contribution is -2.42. The minimum absolute atomic E-state index is 0.0314. The molecular formula is C14H25N3O2. The van der Waals surface area contributed by atoms with E-state index in [0.717, 1.165) is 19.4 Å². The molecule has 2 rings (SSSR count). The predicted octanol–water partition coefficient (Wildman–Crippen LogP) is 0.776. The standard InChI is InChI=1S/C14H25N3O2/c18-12-14(5-2-1-3-6-14)11-15-9-13(19)10-17-8-4-7-16-17/h4,7-8,13,15,18-19H,1-3,5-6,9-12H2. The Balaban J connectivity index is 1.69. The lowest BCUT2D eigenvalue weighted by Gasteiger charge is -2.36. The largest absolute Gasteiger partial charge is 0.396 e. The molecule has 108 valence electrons. The first kappa shape index (κ1) is 14.5. The van der Waals surface area contributed by atoms with Crippen molar-refractivity contribution in [2.24, 2.45) is 5.41 Å². The van der Waals surface area contributed by atoms with Crippen molar-refractivity contribution in [2.45, 2.75) is 44.8 Å². The summed E-state index contributed by atoms with van der Waals surface area (Å²) in [5.41, 5.74) is 0.0314. The Labute approximate surface area is 114 Å². The number of aliphatic hydroxyl groups is 2. The predicted molar refractivity (Wildman–Crippen MR) is 73.7 cm³/mol. The second-order valence-corrected chi connectivity index (χ2v) is 5.73. The maximum atomic E-state index is 9.92. The molecular weight excluding hydrogens is 242 g/mol. The first-order valence-corrected chi connectivity index (χ1v) is 7.21. The Bertz CT molecular complexity index is 348. The molecule has 1 atom stereocenters. The van der Waals surface area contributed by atoms with Gasteiger partial charge in [0.25, 0.3) is 0 Å². The van der Waals surface area contributed by atoms with Gasteiger partial charge in [-0.05, 0) is 18.9 Å². The first-order chi connectivity index (χ1) is 9.24. The zero-order chi connectivity index (χ0) is 13.6. The number of nitrogens with one attached hydrogen (secondary N) is 1. The van der Waals surface area contributed by atoms with Crippen LogP contribution in [0.25, 0.3) is 0 Å². The topological polar surface area (TPSA) is 70.3 Å². The van der Waals surface area contributed by atoms with Crippen LogP contribution in [0.3, 0.4) is 0 Å². The number of hydrogen-bond acceptors (Lipinski definition) is 4. The highest BCUT2D eigenvalue weighted by atomic mass is 16.3. The van der Waals surface area contributed by atoms with Crippen LogP contribution in [-0.4, -0.2) is 45.8 Å². The molecule has 1 heterocycles. The summed E-state index contributed by atoms with van der Waals surface area (Å²) in [7, 11) is 0. The smallest absolute Gasteiger partial charge is 0.0860 e. The average molecular weight is 267 g/mol. The lowest BCUT2D eigenvalue weighted by atomic mass is 9.74. The molecule has 19 heavy (non-hydrogen) atoms. The van der Waals surface area contributed by atoms with E-state index in [1.807, 2.05) is 12.3 Å². The number of aliphatic hydroxyl groups excluding tert-OH is 2.